The predicted molar refractivity (Wildman–Crippen MR) is 92.5 cm³/mol. The first-order valence-electron chi connectivity index (χ1n) is 7.34. The van der Waals surface area contributed by atoms with Gasteiger partial charge in [-0.3, -0.25) is 4.99 Å². The Morgan fingerprint density at radius 1 is 1.26 bits per heavy atom. The second-order valence-electron chi connectivity index (χ2n) is 4.83. The zero-order valence-corrected chi connectivity index (χ0v) is 14.0. The molecule has 2 rings (SSSR count). The van der Waals surface area contributed by atoms with E-state index in [4.69, 9.17) is 25.7 Å². The molecule has 128 valence electrons. The summed E-state index contributed by atoms with van der Waals surface area (Å²) in [5, 5.41) is 0. The summed E-state index contributed by atoms with van der Waals surface area (Å²) >= 11 is 0. The number of hydrogen-bond acceptors (Lipinski definition) is 4. The van der Waals surface area contributed by atoms with Crippen LogP contribution in [0.2, 0.25) is 0 Å². The van der Waals surface area contributed by atoms with Gasteiger partial charge >= 0.3 is 0 Å². The van der Waals surface area contributed by atoms with Gasteiger partial charge in [-0.05, 0) is 30.5 Å². The largest absolute Gasteiger partial charge is 0.465 e. The van der Waals surface area contributed by atoms with Gasteiger partial charge in [-0.15, -0.1) is 12.4 Å². The summed E-state index contributed by atoms with van der Waals surface area (Å²) < 4.78 is 15.8. The number of ether oxygens (including phenoxy) is 3. The molecule has 0 spiro atoms. The average Bonchev–Trinajstić information content (AvgIpc) is 2.95. The molecular formula is C15H23ClN4O3. The third-order valence-corrected chi connectivity index (χ3v) is 3.08. The number of fused-ring (bicyclic) bond motifs is 1. The highest BCUT2D eigenvalue weighted by Gasteiger charge is 2.12. The van der Waals surface area contributed by atoms with E-state index in [0.717, 1.165) is 36.3 Å². The minimum atomic E-state index is 0. The molecule has 0 saturated heterocycles. The second-order valence-corrected chi connectivity index (χ2v) is 4.83. The molecule has 0 fully saturated rings. The molecule has 23 heavy (non-hydrogen) atoms. The average molecular weight is 343 g/mol. The van der Waals surface area contributed by atoms with Crippen molar-refractivity contribution >= 4 is 24.4 Å². The predicted octanol–water partition coefficient (Wildman–Crippen LogP) is 1.83. The van der Waals surface area contributed by atoms with Gasteiger partial charge in [0.1, 0.15) is 0 Å². The van der Waals surface area contributed by atoms with E-state index in [1.807, 2.05) is 18.2 Å². The van der Waals surface area contributed by atoms with Crippen molar-refractivity contribution < 1.29 is 14.2 Å². The monoisotopic (exact) mass is 342 g/mol. The molecule has 1 aliphatic rings. The van der Waals surface area contributed by atoms with Crippen LogP contribution in [0.25, 0.3) is 0 Å². The number of unbranched alkanes of at least 4 members (excludes halogenated alkanes) is 1. The van der Waals surface area contributed by atoms with E-state index in [1.54, 1.807) is 0 Å². The van der Waals surface area contributed by atoms with Crippen LogP contribution >= 0.6 is 12.4 Å². The number of nitrogens with two attached hydrogens (primary N) is 2. The summed E-state index contributed by atoms with van der Waals surface area (Å²) in [6, 6.07) is 5.87. The number of hydrogen-bond donors (Lipinski definition) is 2. The van der Waals surface area contributed by atoms with Crippen molar-refractivity contribution in [3.8, 4) is 11.5 Å². The Labute approximate surface area is 142 Å². The maximum atomic E-state index is 5.69. The Morgan fingerprint density at radius 2 is 2.04 bits per heavy atom. The topological polar surface area (TPSA) is 104 Å². The van der Waals surface area contributed by atoms with E-state index in [9.17, 15) is 0 Å². The van der Waals surface area contributed by atoms with Crippen LogP contribution in [0.4, 0.5) is 0 Å². The molecule has 0 unspecified atom stereocenters. The summed E-state index contributed by atoms with van der Waals surface area (Å²) in [6.45, 7) is 3.39. The SMILES string of the molecule is CCCCOC(N)=NC(N)=NCCc1ccc2c(c1)OCO2.Cl. The zero-order chi connectivity index (χ0) is 15.8. The Hall–Kier alpha value is -2.15. The fourth-order valence-electron chi connectivity index (χ4n) is 1.90. The van der Waals surface area contributed by atoms with E-state index >= 15 is 0 Å². The van der Waals surface area contributed by atoms with Crippen molar-refractivity contribution in [2.24, 2.45) is 21.5 Å². The van der Waals surface area contributed by atoms with Gasteiger partial charge in [-0.25, -0.2) is 0 Å². The highest BCUT2D eigenvalue weighted by Crippen LogP contribution is 2.32. The molecule has 4 N–H and O–H groups in total. The molecule has 8 heteroatoms. The van der Waals surface area contributed by atoms with Gasteiger partial charge in [0.25, 0.3) is 6.02 Å². The summed E-state index contributed by atoms with van der Waals surface area (Å²) in [6.07, 6.45) is 2.69. The van der Waals surface area contributed by atoms with Crippen LogP contribution < -0.4 is 20.9 Å². The minimum absolute atomic E-state index is 0. The highest BCUT2D eigenvalue weighted by molar-refractivity contribution is 5.90. The first-order valence-corrected chi connectivity index (χ1v) is 7.34. The molecule has 1 heterocycles. The molecule has 0 bridgehead atoms. The number of nitrogens with zero attached hydrogens (tertiary/aromatic N) is 2. The van der Waals surface area contributed by atoms with Crippen molar-refractivity contribution in [3.63, 3.8) is 0 Å². The summed E-state index contributed by atoms with van der Waals surface area (Å²) in [7, 11) is 0. The molecule has 0 radical (unpaired) electrons. The third-order valence-electron chi connectivity index (χ3n) is 3.08. The molecule has 0 saturated carbocycles. The van der Waals surface area contributed by atoms with E-state index in [-0.39, 0.29) is 31.2 Å². The van der Waals surface area contributed by atoms with E-state index in [2.05, 4.69) is 16.9 Å². The van der Waals surface area contributed by atoms with Crippen molar-refractivity contribution in [1.82, 2.24) is 0 Å². The Bertz CT molecular complexity index is 564. The van der Waals surface area contributed by atoms with Gasteiger partial charge in [0.2, 0.25) is 12.8 Å². The normalized spacial score (nSPS) is 13.6. The lowest BCUT2D eigenvalue weighted by Gasteiger charge is -2.03. The molecular weight excluding hydrogens is 320 g/mol. The smallest absolute Gasteiger partial charge is 0.289 e. The number of guanidine groups is 1. The maximum absolute atomic E-state index is 5.69. The third kappa shape index (κ3) is 6.23. The first kappa shape index (κ1) is 18.9. The maximum Gasteiger partial charge on any atom is 0.289 e. The number of amidine groups is 1. The second kappa shape index (κ2) is 9.78. The number of benzene rings is 1. The van der Waals surface area contributed by atoms with Crippen LogP contribution in [0.3, 0.4) is 0 Å². The van der Waals surface area contributed by atoms with Crippen LogP contribution in [-0.4, -0.2) is 31.9 Å². The lowest BCUT2D eigenvalue weighted by molar-refractivity contribution is 0.174. The van der Waals surface area contributed by atoms with Crippen molar-refractivity contribution in [2.75, 3.05) is 19.9 Å². The van der Waals surface area contributed by atoms with Gasteiger partial charge in [0.15, 0.2) is 11.5 Å². The Kier molecular flexibility index (Phi) is 8.04. The fourth-order valence-corrected chi connectivity index (χ4v) is 1.90. The quantitative estimate of drug-likeness (QED) is 0.466. The molecule has 0 aromatic heterocycles. The van der Waals surface area contributed by atoms with E-state index in [1.165, 1.54) is 0 Å². The van der Waals surface area contributed by atoms with Gasteiger partial charge in [0, 0.05) is 6.54 Å². The number of aliphatic imine (C=N–C) groups is 2. The van der Waals surface area contributed by atoms with Crippen molar-refractivity contribution in [3.05, 3.63) is 23.8 Å². The molecule has 7 nitrogen and oxygen atoms in total. The highest BCUT2D eigenvalue weighted by atomic mass is 35.5. The van der Waals surface area contributed by atoms with Crippen LogP contribution in [0.1, 0.15) is 25.3 Å². The number of rotatable bonds is 6. The fraction of sp³-hybridized carbons (Fsp3) is 0.467. The molecule has 1 aromatic carbocycles. The standard InChI is InChI=1S/C15H22N4O3.ClH/c1-2-3-8-20-15(17)19-14(16)18-7-6-11-4-5-12-13(9-11)22-10-21-12;/h4-5,9H,2-3,6-8,10H2,1H3,(H4,16,17,18,19);1H. The molecule has 1 aliphatic heterocycles. The Balaban J connectivity index is 0.00000264. The van der Waals surface area contributed by atoms with Gasteiger partial charge < -0.3 is 25.7 Å². The van der Waals surface area contributed by atoms with Crippen molar-refractivity contribution in [1.29, 1.82) is 0 Å². The Morgan fingerprint density at radius 3 is 2.83 bits per heavy atom. The minimum Gasteiger partial charge on any atom is -0.465 e. The van der Waals surface area contributed by atoms with Gasteiger partial charge in [0.05, 0.1) is 6.61 Å². The van der Waals surface area contributed by atoms with Crippen LogP contribution in [0.15, 0.2) is 28.2 Å². The van der Waals surface area contributed by atoms with E-state index in [0.29, 0.717) is 13.2 Å². The molecule has 0 atom stereocenters. The summed E-state index contributed by atoms with van der Waals surface area (Å²) in [5.74, 6) is 1.66. The lowest BCUT2D eigenvalue weighted by atomic mass is 10.1. The lowest BCUT2D eigenvalue weighted by Crippen LogP contribution is -2.22. The van der Waals surface area contributed by atoms with Crippen LogP contribution in [0, 0.1) is 0 Å². The van der Waals surface area contributed by atoms with Crippen LogP contribution in [-0.2, 0) is 11.2 Å². The van der Waals surface area contributed by atoms with Crippen LogP contribution in [0.5, 0.6) is 11.5 Å². The zero-order valence-electron chi connectivity index (χ0n) is 13.2. The summed E-state index contributed by atoms with van der Waals surface area (Å²) in [5.41, 5.74) is 12.4. The summed E-state index contributed by atoms with van der Waals surface area (Å²) in [4.78, 5) is 8.05. The van der Waals surface area contributed by atoms with Crippen molar-refractivity contribution in [2.45, 2.75) is 26.2 Å². The first-order chi connectivity index (χ1) is 10.7. The van der Waals surface area contributed by atoms with E-state index < -0.39 is 0 Å². The van der Waals surface area contributed by atoms with Gasteiger partial charge in [-0.2, -0.15) is 4.99 Å². The molecule has 0 amide bonds. The van der Waals surface area contributed by atoms with Gasteiger partial charge in [-0.1, -0.05) is 19.4 Å². The molecule has 0 aliphatic carbocycles. The molecule has 1 aromatic rings. The number of halogens is 1.